The van der Waals surface area contributed by atoms with Gasteiger partial charge in [-0.15, -0.1) is 0 Å². The smallest absolute Gasteiger partial charge is 0.191 e. The number of aliphatic hydroxyl groups is 1. The summed E-state index contributed by atoms with van der Waals surface area (Å²) in [4.78, 5) is 4.19. The summed E-state index contributed by atoms with van der Waals surface area (Å²) in [6.45, 7) is 1.35. The SMILES string of the molecule is CN=C(NCc1ccc(F)c(COC)c1)NCC(CO)c1ccccc1. The van der Waals surface area contributed by atoms with Gasteiger partial charge in [-0.2, -0.15) is 0 Å². The van der Waals surface area contributed by atoms with Crippen molar-refractivity contribution in [2.24, 2.45) is 4.99 Å². The minimum Gasteiger partial charge on any atom is -0.396 e. The summed E-state index contributed by atoms with van der Waals surface area (Å²) in [5, 5.41) is 16.1. The van der Waals surface area contributed by atoms with Crippen molar-refractivity contribution in [3.8, 4) is 0 Å². The molecular weight excluding hydrogens is 333 g/mol. The van der Waals surface area contributed by atoms with E-state index in [2.05, 4.69) is 15.6 Å². The molecule has 2 aromatic rings. The van der Waals surface area contributed by atoms with Crippen molar-refractivity contribution in [1.29, 1.82) is 0 Å². The van der Waals surface area contributed by atoms with E-state index in [1.54, 1.807) is 26.3 Å². The van der Waals surface area contributed by atoms with Crippen LogP contribution < -0.4 is 10.6 Å². The van der Waals surface area contributed by atoms with Crippen LogP contribution in [0.1, 0.15) is 22.6 Å². The Bertz CT molecular complexity index is 707. The topological polar surface area (TPSA) is 65.9 Å². The quantitative estimate of drug-likeness (QED) is 0.500. The Morgan fingerprint density at radius 3 is 2.62 bits per heavy atom. The Balaban J connectivity index is 1.90. The molecule has 5 nitrogen and oxygen atoms in total. The van der Waals surface area contributed by atoms with Gasteiger partial charge in [-0.3, -0.25) is 4.99 Å². The highest BCUT2D eigenvalue weighted by Crippen LogP contribution is 2.14. The fourth-order valence-electron chi connectivity index (χ4n) is 2.64. The number of aliphatic hydroxyl groups excluding tert-OH is 1. The highest BCUT2D eigenvalue weighted by Gasteiger charge is 2.11. The Morgan fingerprint density at radius 1 is 1.19 bits per heavy atom. The van der Waals surface area contributed by atoms with Crippen molar-refractivity contribution < 1.29 is 14.2 Å². The largest absolute Gasteiger partial charge is 0.396 e. The average Bonchev–Trinajstić information content (AvgIpc) is 2.68. The van der Waals surface area contributed by atoms with Crippen LogP contribution in [0, 0.1) is 5.82 Å². The maximum atomic E-state index is 13.7. The van der Waals surface area contributed by atoms with Gasteiger partial charge in [-0.25, -0.2) is 4.39 Å². The zero-order valence-corrected chi connectivity index (χ0v) is 15.2. The molecule has 0 saturated carbocycles. The molecule has 3 N–H and O–H groups in total. The van der Waals surface area contributed by atoms with Crippen LogP contribution in [-0.2, 0) is 17.9 Å². The maximum Gasteiger partial charge on any atom is 0.191 e. The molecule has 0 saturated heterocycles. The lowest BCUT2D eigenvalue weighted by atomic mass is 10.0. The van der Waals surface area contributed by atoms with Crippen molar-refractivity contribution in [3.63, 3.8) is 0 Å². The predicted molar refractivity (Wildman–Crippen MR) is 102 cm³/mol. The number of rotatable bonds is 8. The zero-order chi connectivity index (χ0) is 18.8. The third kappa shape index (κ3) is 5.82. The number of guanidine groups is 1. The average molecular weight is 359 g/mol. The molecule has 140 valence electrons. The van der Waals surface area contributed by atoms with E-state index in [9.17, 15) is 9.50 Å². The summed E-state index contributed by atoms with van der Waals surface area (Å²) < 4.78 is 18.7. The normalized spacial score (nSPS) is 12.7. The van der Waals surface area contributed by atoms with Gasteiger partial charge in [0.05, 0.1) is 13.2 Å². The number of nitrogens with one attached hydrogen (secondary N) is 2. The number of halogens is 1. The van der Waals surface area contributed by atoms with Crippen LogP contribution in [0.25, 0.3) is 0 Å². The minimum atomic E-state index is -0.272. The summed E-state index contributed by atoms with van der Waals surface area (Å²) in [7, 11) is 3.23. The minimum absolute atomic E-state index is 0.0196. The van der Waals surface area contributed by atoms with Crippen LogP contribution in [-0.4, -0.2) is 38.4 Å². The first-order valence-corrected chi connectivity index (χ1v) is 8.54. The summed E-state index contributed by atoms with van der Waals surface area (Å²) >= 11 is 0. The van der Waals surface area contributed by atoms with Crippen LogP contribution >= 0.6 is 0 Å². The van der Waals surface area contributed by atoms with Gasteiger partial charge >= 0.3 is 0 Å². The Morgan fingerprint density at radius 2 is 1.96 bits per heavy atom. The van der Waals surface area contributed by atoms with Crippen LogP contribution in [0.3, 0.4) is 0 Å². The number of hydrogen-bond acceptors (Lipinski definition) is 3. The fourth-order valence-corrected chi connectivity index (χ4v) is 2.64. The van der Waals surface area contributed by atoms with Crippen LogP contribution in [0.15, 0.2) is 53.5 Å². The van der Waals surface area contributed by atoms with Crippen molar-refractivity contribution in [3.05, 3.63) is 71.0 Å². The molecule has 0 fully saturated rings. The van der Waals surface area contributed by atoms with Crippen LogP contribution in [0.5, 0.6) is 0 Å². The molecule has 0 amide bonds. The first-order valence-electron chi connectivity index (χ1n) is 8.54. The maximum absolute atomic E-state index is 13.7. The summed E-state index contributed by atoms with van der Waals surface area (Å²) in [6, 6.07) is 14.8. The van der Waals surface area contributed by atoms with Crippen LogP contribution in [0.2, 0.25) is 0 Å². The molecule has 0 heterocycles. The second-order valence-electron chi connectivity index (χ2n) is 5.96. The molecule has 0 aliphatic heterocycles. The molecule has 0 aromatic heterocycles. The molecule has 0 radical (unpaired) electrons. The van der Waals surface area contributed by atoms with Gasteiger partial charge in [-0.1, -0.05) is 36.4 Å². The van der Waals surface area contributed by atoms with Crippen LogP contribution in [0.4, 0.5) is 4.39 Å². The summed E-state index contributed by atoms with van der Waals surface area (Å²) in [5.41, 5.74) is 2.53. The highest BCUT2D eigenvalue weighted by atomic mass is 19.1. The molecule has 0 aliphatic rings. The number of hydrogen-bond donors (Lipinski definition) is 3. The van der Waals surface area contributed by atoms with Gasteiger partial charge in [0.15, 0.2) is 5.96 Å². The standard InChI is InChI=1S/C20H26FN3O2/c1-22-20(24-12-18(13-25)16-6-4-3-5-7-16)23-11-15-8-9-19(21)17(10-15)14-26-2/h3-10,18,25H,11-14H2,1-2H3,(H2,22,23,24). The molecular formula is C20H26FN3O2. The Labute approximate surface area is 153 Å². The van der Waals surface area contributed by atoms with E-state index in [0.29, 0.717) is 24.6 Å². The van der Waals surface area contributed by atoms with Gasteiger partial charge in [0.1, 0.15) is 5.82 Å². The molecule has 2 aromatic carbocycles. The predicted octanol–water partition coefficient (Wildman–Crippen LogP) is 2.41. The van der Waals surface area contributed by atoms with Gasteiger partial charge in [0, 0.05) is 38.7 Å². The Hall–Kier alpha value is -2.44. The van der Waals surface area contributed by atoms with E-state index >= 15 is 0 Å². The van der Waals surface area contributed by atoms with E-state index < -0.39 is 0 Å². The number of aliphatic imine (C=N–C) groups is 1. The van der Waals surface area contributed by atoms with Gasteiger partial charge < -0.3 is 20.5 Å². The second kappa shape index (κ2) is 10.5. The van der Waals surface area contributed by atoms with Crippen molar-refractivity contribution in [1.82, 2.24) is 10.6 Å². The zero-order valence-electron chi connectivity index (χ0n) is 15.2. The van der Waals surface area contributed by atoms with E-state index in [4.69, 9.17) is 4.74 Å². The third-order valence-electron chi connectivity index (χ3n) is 4.10. The molecule has 0 bridgehead atoms. The first-order chi connectivity index (χ1) is 12.7. The first kappa shape index (κ1) is 19.9. The molecule has 1 unspecified atom stereocenters. The lowest BCUT2D eigenvalue weighted by Gasteiger charge is -2.18. The lowest BCUT2D eigenvalue weighted by Crippen LogP contribution is -2.39. The summed E-state index contributed by atoms with van der Waals surface area (Å²) in [6.07, 6.45) is 0. The molecule has 0 aliphatic carbocycles. The summed E-state index contributed by atoms with van der Waals surface area (Å²) in [5.74, 6) is 0.331. The molecule has 1 atom stereocenters. The van der Waals surface area contributed by atoms with E-state index in [1.165, 1.54) is 6.07 Å². The number of nitrogens with zero attached hydrogens (tertiary/aromatic N) is 1. The van der Waals surface area contributed by atoms with Gasteiger partial charge in [-0.05, 0) is 23.3 Å². The molecule has 6 heteroatoms. The Kier molecular flexibility index (Phi) is 8.05. The number of ether oxygens (including phenoxy) is 1. The third-order valence-corrected chi connectivity index (χ3v) is 4.10. The number of methoxy groups -OCH3 is 1. The van der Waals surface area contributed by atoms with Crippen molar-refractivity contribution >= 4 is 5.96 Å². The van der Waals surface area contributed by atoms with E-state index in [1.807, 2.05) is 30.3 Å². The second-order valence-corrected chi connectivity index (χ2v) is 5.96. The van der Waals surface area contributed by atoms with Gasteiger partial charge in [0.2, 0.25) is 0 Å². The van der Waals surface area contributed by atoms with Crippen molar-refractivity contribution in [2.75, 3.05) is 27.3 Å². The van der Waals surface area contributed by atoms with E-state index in [-0.39, 0.29) is 24.9 Å². The number of benzene rings is 2. The molecule has 2 rings (SSSR count). The lowest BCUT2D eigenvalue weighted by molar-refractivity contribution is 0.181. The van der Waals surface area contributed by atoms with Crippen molar-refractivity contribution in [2.45, 2.75) is 19.1 Å². The van der Waals surface area contributed by atoms with Gasteiger partial charge in [0.25, 0.3) is 0 Å². The highest BCUT2D eigenvalue weighted by molar-refractivity contribution is 5.79. The fraction of sp³-hybridized carbons (Fsp3) is 0.350. The molecule has 26 heavy (non-hydrogen) atoms. The van der Waals surface area contributed by atoms with E-state index in [0.717, 1.165) is 11.1 Å². The molecule has 0 spiro atoms. The monoisotopic (exact) mass is 359 g/mol.